The number of pyridine rings is 1. The number of aromatic amines is 1. The summed E-state index contributed by atoms with van der Waals surface area (Å²) in [6.07, 6.45) is 3.93. The molecular formula is C18H14N4O2. The van der Waals surface area contributed by atoms with E-state index in [9.17, 15) is 4.79 Å². The van der Waals surface area contributed by atoms with Crippen molar-refractivity contribution in [1.82, 2.24) is 19.9 Å². The first-order chi connectivity index (χ1) is 11.7. The number of esters is 1. The van der Waals surface area contributed by atoms with E-state index in [1.807, 2.05) is 30.3 Å². The van der Waals surface area contributed by atoms with E-state index in [2.05, 4.69) is 19.9 Å². The topological polar surface area (TPSA) is 80.8 Å². The number of nitrogens with zero attached hydrogens (tertiary/aromatic N) is 3. The van der Waals surface area contributed by atoms with Gasteiger partial charge in [-0.15, -0.1) is 0 Å². The van der Waals surface area contributed by atoms with Gasteiger partial charge in [-0.1, -0.05) is 30.3 Å². The number of aromatic nitrogens is 4. The van der Waals surface area contributed by atoms with Gasteiger partial charge in [-0.25, -0.2) is 14.8 Å². The summed E-state index contributed by atoms with van der Waals surface area (Å²) in [4.78, 5) is 28.2. The lowest BCUT2D eigenvalue weighted by atomic mass is 10.1. The minimum Gasteiger partial charge on any atom is -0.465 e. The fraction of sp³-hybridized carbons (Fsp3) is 0.111. The Hall–Kier alpha value is -3.28. The standard InChI is InChI=1S/C18H14N4O2/c1-24-18(23)12-8-14-16(20-9-12)13-10-19-15(22-17(13)21-14)7-11-5-3-2-4-6-11/h2-6,8-10H,7H2,1H3,(H,19,21,22). The highest BCUT2D eigenvalue weighted by Gasteiger charge is 2.12. The predicted molar refractivity (Wildman–Crippen MR) is 89.8 cm³/mol. The summed E-state index contributed by atoms with van der Waals surface area (Å²) in [5, 5.41) is 0.832. The summed E-state index contributed by atoms with van der Waals surface area (Å²) in [5.74, 6) is 0.312. The summed E-state index contributed by atoms with van der Waals surface area (Å²) in [7, 11) is 1.35. The Morgan fingerprint density at radius 2 is 2.00 bits per heavy atom. The van der Waals surface area contributed by atoms with Gasteiger partial charge in [-0.05, 0) is 11.6 Å². The Bertz CT molecular complexity index is 1040. The molecule has 0 fully saturated rings. The van der Waals surface area contributed by atoms with Crippen LogP contribution in [0.25, 0.3) is 22.1 Å². The van der Waals surface area contributed by atoms with E-state index in [1.165, 1.54) is 13.3 Å². The average molecular weight is 318 g/mol. The molecule has 0 amide bonds. The fourth-order valence-electron chi connectivity index (χ4n) is 2.68. The molecule has 0 spiro atoms. The monoisotopic (exact) mass is 318 g/mol. The van der Waals surface area contributed by atoms with Crippen molar-refractivity contribution in [1.29, 1.82) is 0 Å². The van der Waals surface area contributed by atoms with Crippen molar-refractivity contribution in [3.8, 4) is 0 Å². The van der Waals surface area contributed by atoms with Gasteiger partial charge in [0.05, 0.1) is 29.1 Å². The maximum absolute atomic E-state index is 11.6. The quantitative estimate of drug-likeness (QED) is 0.587. The molecule has 1 N–H and O–H groups in total. The largest absolute Gasteiger partial charge is 0.465 e. The number of carbonyl (C=O) groups excluding carboxylic acids is 1. The van der Waals surface area contributed by atoms with Crippen LogP contribution in [-0.2, 0) is 11.2 Å². The second kappa shape index (κ2) is 5.73. The van der Waals surface area contributed by atoms with Crippen LogP contribution in [-0.4, -0.2) is 33.0 Å². The maximum Gasteiger partial charge on any atom is 0.339 e. The average Bonchev–Trinajstić information content (AvgIpc) is 2.98. The molecular weight excluding hydrogens is 304 g/mol. The highest BCUT2D eigenvalue weighted by atomic mass is 16.5. The minimum absolute atomic E-state index is 0.397. The Balaban J connectivity index is 1.76. The van der Waals surface area contributed by atoms with Gasteiger partial charge in [0.2, 0.25) is 0 Å². The number of hydrogen-bond acceptors (Lipinski definition) is 5. The van der Waals surface area contributed by atoms with Crippen LogP contribution >= 0.6 is 0 Å². The van der Waals surface area contributed by atoms with Crippen LogP contribution in [0.15, 0.2) is 48.8 Å². The lowest BCUT2D eigenvalue weighted by Crippen LogP contribution is -2.01. The van der Waals surface area contributed by atoms with Crippen molar-refractivity contribution in [2.75, 3.05) is 7.11 Å². The van der Waals surface area contributed by atoms with E-state index in [0.717, 1.165) is 27.8 Å². The van der Waals surface area contributed by atoms with Gasteiger partial charge in [-0.2, -0.15) is 0 Å². The van der Waals surface area contributed by atoms with Crippen molar-refractivity contribution in [3.05, 3.63) is 65.7 Å². The third kappa shape index (κ3) is 2.48. The molecule has 0 saturated heterocycles. The number of hydrogen-bond donors (Lipinski definition) is 1. The molecule has 1 aromatic carbocycles. The summed E-state index contributed by atoms with van der Waals surface area (Å²) in [5.41, 5.74) is 3.73. The zero-order valence-electron chi connectivity index (χ0n) is 13.0. The minimum atomic E-state index is -0.418. The first-order valence-corrected chi connectivity index (χ1v) is 7.50. The number of carbonyl (C=O) groups is 1. The van der Waals surface area contributed by atoms with E-state index in [-0.39, 0.29) is 0 Å². The van der Waals surface area contributed by atoms with E-state index in [1.54, 1.807) is 12.3 Å². The van der Waals surface area contributed by atoms with Crippen LogP contribution in [0.1, 0.15) is 21.7 Å². The summed E-state index contributed by atoms with van der Waals surface area (Å²) >= 11 is 0. The second-order valence-corrected chi connectivity index (χ2v) is 5.45. The van der Waals surface area contributed by atoms with Gasteiger partial charge in [0.15, 0.2) is 0 Å². The normalized spacial score (nSPS) is 11.0. The molecule has 6 heteroatoms. The summed E-state index contributed by atoms with van der Waals surface area (Å²) in [6, 6.07) is 11.8. The number of methoxy groups -OCH3 is 1. The molecule has 0 unspecified atom stereocenters. The van der Waals surface area contributed by atoms with Gasteiger partial charge < -0.3 is 9.72 Å². The number of ether oxygens (including phenoxy) is 1. The van der Waals surface area contributed by atoms with Crippen LogP contribution in [0.5, 0.6) is 0 Å². The number of rotatable bonds is 3. The van der Waals surface area contributed by atoms with Crippen LogP contribution in [0.4, 0.5) is 0 Å². The number of H-pyrrole nitrogens is 1. The maximum atomic E-state index is 11.6. The van der Waals surface area contributed by atoms with E-state index in [4.69, 9.17) is 4.74 Å². The van der Waals surface area contributed by atoms with Gasteiger partial charge >= 0.3 is 5.97 Å². The molecule has 6 nitrogen and oxygen atoms in total. The number of fused-ring (bicyclic) bond motifs is 3. The van der Waals surface area contributed by atoms with Crippen LogP contribution in [0.3, 0.4) is 0 Å². The molecule has 4 rings (SSSR count). The van der Waals surface area contributed by atoms with E-state index in [0.29, 0.717) is 17.6 Å². The SMILES string of the molecule is COC(=O)c1cnc2c(c1)[nH]c1nc(Cc3ccccc3)ncc12. The highest BCUT2D eigenvalue weighted by Crippen LogP contribution is 2.23. The Kier molecular flexibility index (Phi) is 3.42. The molecule has 4 aromatic rings. The van der Waals surface area contributed by atoms with E-state index >= 15 is 0 Å². The molecule has 0 aliphatic rings. The second-order valence-electron chi connectivity index (χ2n) is 5.45. The van der Waals surface area contributed by atoms with Crippen molar-refractivity contribution < 1.29 is 9.53 Å². The van der Waals surface area contributed by atoms with Gasteiger partial charge in [0, 0.05) is 18.8 Å². The molecule has 0 atom stereocenters. The molecule has 3 aromatic heterocycles. The first-order valence-electron chi connectivity index (χ1n) is 7.50. The third-order valence-electron chi connectivity index (χ3n) is 3.86. The van der Waals surface area contributed by atoms with Gasteiger partial charge in [0.25, 0.3) is 0 Å². The molecule has 0 bridgehead atoms. The molecule has 0 aliphatic carbocycles. The summed E-state index contributed by atoms with van der Waals surface area (Å²) < 4.78 is 4.72. The van der Waals surface area contributed by atoms with Crippen molar-refractivity contribution in [2.45, 2.75) is 6.42 Å². The molecule has 3 heterocycles. The number of benzene rings is 1. The van der Waals surface area contributed by atoms with Crippen molar-refractivity contribution in [3.63, 3.8) is 0 Å². The Morgan fingerprint density at radius 1 is 1.17 bits per heavy atom. The van der Waals surface area contributed by atoms with Crippen molar-refractivity contribution >= 4 is 28.0 Å². The molecule has 24 heavy (non-hydrogen) atoms. The van der Waals surface area contributed by atoms with Crippen molar-refractivity contribution in [2.24, 2.45) is 0 Å². The highest BCUT2D eigenvalue weighted by molar-refractivity contribution is 6.04. The third-order valence-corrected chi connectivity index (χ3v) is 3.86. The molecule has 0 saturated carbocycles. The van der Waals surface area contributed by atoms with Gasteiger partial charge in [0.1, 0.15) is 11.5 Å². The molecule has 118 valence electrons. The number of nitrogens with one attached hydrogen (secondary N) is 1. The van der Waals surface area contributed by atoms with Gasteiger partial charge in [-0.3, -0.25) is 4.98 Å². The van der Waals surface area contributed by atoms with Crippen LogP contribution in [0, 0.1) is 0 Å². The lowest BCUT2D eigenvalue weighted by Gasteiger charge is -2.00. The van der Waals surface area contributed by atoms with E-state index < -0.39 is 5.97 Å². The first kappa shape index (κ1) is 14.3. The smallest absolute Gasteiger partial charge is 0.339 e. The predicted octanol–water partition coefficient (Wildman–Crippen LogP) is 2.88. The lowest BCUT2D eigenvalue weighted by molar-refractivity contribution is 0.0600. The van der Waals surface area contributed by atoms with Crippen LogP contribution in [0.2, 0.25) is 0 Å². The van der Waals surface area contributed by atoms with Crippen LogP contribution < -0.4 is 0 Å². The summed E-state index contributed by atoms with van der Waals surface area (Å²) in [6.45, 7) is 0. The zero-order valence-corrected chi connectivity index (χ0v) is 13.0. The molecule has 0 radical (unpaired) electrons. The Morgan fingerprint density at radius 3 is 2.79 bits per heavy atom. The zero-order chi connectivity index (χ0) is 16.5. The Labute approximate surface area is 137 Å². The fourth-order valence-corrected chi connectivity index (χ4v) is 2.68. The molecule has 0 aliphatic heterocycles.